The van der Waals surface area contributed by atoms with Crippen LogP contribution >= 0.6 is 35.7 Å². The highest BCUT2D eigenvalue weighted by Crippen LogP contribution is 2.27. The molecular formula is C16H29IN4O3S. The normalized spacial score (nSPS) is 30.3. The molecule has 0 aromatic rings. The number of nitrogens with one attached hydrogen (secondary N) is 1. The standard InChI is InChI=1S/C16H28N4O3S.HI/c1-17-15(18-11-16(22)4-10-24-12-16)20-7-5-19(6-8-20)14(21)13-3-2-9-23-13;/h13,22H,2-12H2,1H3,(H,17,18);1H. The van der Waals surface area contributed by atoms with Gasteiger partial charge >= 0.3 is 0 Å². The third-order valence-corrected chi connectivity index (χ3v) is 6.20. The predicted molar refractivity (Wildman–Crippen MR) is 111 cm³/mol. The van der Waals surface area contributed by atoms with E-state index in [2.05, 4.69) is 15.2 Å². The predicted octanol–water partition coefficient (Wildman–Crippen LogP) is 0.371. The summed E-state index contributed by atoms with van der Waals surface area (Å²) >= 11 is 1.79. The van der Waals surface area contributed by atoms with Gasteiger partial charge in [-0.25, -0.2) is 0 Å². The summed E-state index contributed by atoms with van der Waals surface area (Å²) in [7, 11) is 1.76. The van der Waals surface area contributed by atoms with Crippen LogP contribution in [0.4, 0.5) is 0 Å². The summed E-state index contributed by atoms with van der Waals surface area (Å²) in [6, 6.07) is 0. The molecule has 144 valence electrons. The molecule has 25 heavy (non-hydrogen) atoms. The minimum absolute atomic E-state index is 0. The maximum Gasteiger partial charge on any atom is 0.251 e. The van der Waals surface area contributed by atoms with E-state index in [1.54, 1.807) is 18.8 Å². The second-order valence-electron chi connectivity index (χ2n) is 6.74. The van der Waals surface area contributed by atoms with Crippen molar-refractivity contribution in [3.63, 3.8) is 0 Å². The number of carbonyl (C=O) groups is 1. The van der Waals surface area contributed by atoms with Gasteiger partial charge in [0, 0.05) is 52.1 Å². The van der Waals surface area contributed by atoms with Gasteiger partial charge < -0.3 is 25.0 Å². The molecule has 3 saturated heterocycles. The molecule has 3 fully saturated rings. The van der Waals surface area contributed by atoms with E-state index in [1.165, 1.54) is 0 Å². The first-order valence-corrected chi connectivity index (χ1v) is 9.93. The highest BCUT2D eigenvalue weighted by molar-refractivity contribution is 14.0. The average molecular weight is 484 g/mol. The molecule has 2 N–H and O–H groups in total. The van der Waals surface area contributed by atoms with Crippen LogP contribution in [0.15, 0.2) is 4.99 Å². The maximum absolute atomic E-state index is 12.4. The largest absolute Gasteiger partial charge is 0.387 e. The number of amides is 1. The first-order chi connectivity index (χ1) is 11.6. The summed E-state index contributed by atoms with van der Waals surface area (Å²) < 4.78 is 5.50. The van der Waals surface area contributed by atoms with Gasteiger partial charge in [0.2, 0.25) is 0 Å². The van der Waals surface area contributed by atoms with Crippen molar-refractivity contribution < 1.29 is 14.6 Å². The molecule has 0 aliphatic carbocycles. The van der Waals surface area contributed by atoms with Gasteiger partial charge in [0.1, 0.15) is 6.10 Å². The number of thioether (sulfide) groups is 1. The highest BCUT2D eigenvalue weighted by Gasteiger charge is 2.33. The van der Waals surface area contributed by atoms with Crippen LogP contribution in [0.5, 0.6) is 0 Å². The second-order valence-corrected chi connectivity index (χ2v) is 7.85. The Bertz CT molecular complexity index is 474. The van der Waals surface area contributed by atoms with E-state index in [0.717, 1.165) is 49.8 Å². The molecule has 3 heterocycles. The summed E-state index contributed by atoms with van der Waals surface area (Å²) in [6.07, 6.45) is 2.42. The van der Waals surface area contributed by atoms with E-state index >= 15 is 0 Å². The molecule has 1 amide bonds. The summed E-state index contributed by atoms with van der Waals surface area (Å²) in [5, 5.41) is 13.8. The Morgan fingerprint density at radius 3 is 2.64 bits per heavy atom. The molecule has 0 spiro atoms. The lowest BCUT2D eigenvalue weighted by Gasteiger charge is -2.38. The third-order valence-electron chi connectivity index (χ3n) is 4.97. The smallest absolute Gasteiger partial charge is 0.251 e. The van der Waals surface area contributed by atoms with Crippen molar-refractivity contribution in [1.29, 1.82) is 0 Å². The summed E-state index contributed by atoms with van der Waals surface area (Å²) in [6.45, 7) is 4.13. The zero-order chi connectivity index (χ0) is 17.0. The number of aliphatic imine (C=N–C) groups is 1. The van der Waals surface area contributed by atoms with Crippen molar-refractivity contribution >= 4 is 47.6 Å². The van der Waals surface area contributed by atoms with Gasteiger partial charge in [-0.3, -0.25) is 9.79 Å². The first kappa shape index (κ1) is 21.0. The molecule has 0 radical (unpaired) electrons. The lowest BCUT2D eigenvalue weighted by Crippen LogP contribution is -2.56. The molecule has 0 aromatic carbocycles. The van der Waals surface area contributed by atoms with Crippen LogP contribution in [0.2, 0.25) is 0 Å². The Labute approximate surface area is 170 Å². The van der Waals surface area contributed by atoms with E-state index in [1.807, 2.05) is 4.90 Å². The minimum Gasteiger partial charge on any atom is -0.387 e. The van der Waals surface area contributed by atoms with Crippen LogP contribution in [0, 0.1) is 0 Å². The molecule has 9 heteroatoms. The highest BCUT2D eigenvalue weighted by atomic mass is 127. The van der Waals surface area contributed by atoms with Crippen molar-refractivity contribution in [3.8, 4) is 0 Å². The van der Waals surface area contributed by atoms with E-state index in [-0.39, 0.29) is 36.0 Å². The van der Waals surface area contributed by atoms with Crippen molar-refractivity contribution in [2.75, 3.05) is 57.9 Å². The number of guanidine groups is 1. The fourth-order valence-electron chi connectivity index (χ4n) is 3.43. The minimum atomic E-state index is -0.627. The van der Waals surface area contributed by atoms with Crippen LogP contribution in [0.25, 0.3) is 0 Å². The molecule has 3 aliphatic rings. The van der Waals surface area contributed by atoms with Crippen molar-refractivity contribution in [2.45, 2.75) is 31.0 Å². The number of aliphatic hydroxyl groups is 1. The number of hydrogen-bond donors (Lipinski definition) is 2. The van der Waals surface area contributed by atoms with Gasteiger partial charge in [0.15, 0.2) is 5.96 Å². The van der Waals surface area contributed by atoms with Crippen LogP contribution in [0.1, 0.15) is 19.3 Å². The lowest BCUT2D eigenvalue weighted by molar-refractivity contribution is -0.142. The van der Waals surface area contributed by atoms with Gasteiger partial charge in [-0.05, 0) is 25.0 Å². The van der Waals surface area contributed by atoms with Crippen molar-refractivity contribution in [3.05, 3.63) is 0 Å². The lowest BCUT2D eigenvalue weighted by atomic mass is 10.0. The Hall–Kier alpha value is -0.260. The monoisotopic (exact) mass is 484 g/mol. The number of halogens is 1. The molecule has 3 rings (SSSR count). The Morgan fingerprint density at radius 2 is 2.08 bits per heavy atom. The number of rotatable bonds is 3. The quantitative estimate of drug-likeness (QED) is 0.343. The molecule has 7 nitrogen and oxygen atoms in total. The van der Waals surface area contributed by atoms with Crippen molar-refractivity contribution in [1.82, 2.24) is 15.1 Å². The van der Waals surface area contributed by atoms with Gasteiger partial charge in [-0.15, -0.1) is 24.0 Å². The topological polar surface area (TPSA) is 77.4 Å². The second kappa shape index (κ2) is 9.61. The molecule has 0 bridgehead atoms. The molecule has 2 atom stereocenters. The van der Waals surface area contributed by atoms with E-state index in [0.29, 0.717) is 26.2 Å². The van der Waals surface area contributed by atoms with Crippen molar-refractivity contribution in [2.24, 2.45) is 4.99 Å². The molecule has 2 unspecified atom stereocenters. The van der Waals surface area contributed by atoms with Gasteiger partial charge in [0.05, 0.1) is 5.60 Å². The third kappa shape index (κ3) is 5.36. The van der Waals surface area contributed by atoms with Gasteiger partial charge in [0.25, 0.3) is 5.91 Å². The van der Waals surface area contributed by atoms with Crippen LogP contribution in [-0.4, -0.2) is 96.4 Å². The fourth-order valence-corrected chi connectivity index (χ4v) is 4.72. The average Bonchev–Trinajstić information content (AvgIpc) is 3.27. The first-order valence-electron chi connectivity index (χ1n) is 8.77. The molecule has 0 saturated carbocycles. The Kier molecular flexibility index (Phi) is 8.09. The van der Waals surface area contributed by atoms with E-state index < -0.39 is 5.60 Å². The molecule has 3 aliphatic heterocycles. The Morgan fingerprint density at radius 1 is 1.36 bits per heavy atom. The zero-order valence-electron chi connectivity index (χ0n) is 14.8. The summed E-state index contributed by atoms with van der Waals surface area (Å²) in [5.41, 5.74) is -0.627. The van der Waals surface area contributed by atoms with Crippen LogP contribution < -0.4 is 5.32 Å². The number of carbonyl (C=O) groups excluding carboxylic acids is 1. The van der Waals surface area contributed by atoms with Crippen LogP contribution in [-0.2, 0) is 9.53 Å². The number of ether oxygens (including phenoxy) is 1. The Balaban J connectivity index is 0.00000225. The van der Waals surface area contributed by atoms with E-state index in [4.69, 9.17) is 4.74 Å². The zero-order valence-corrected chi connectivity index (χ0v) is 17.9. The fraction of sp³-hybridized carbons (Fsp3) is 0.875. The molecule has 0 aromatic heterocycles. The summed E-state index contributed by atoms with van der Waals surface area (Å²) in [5.74, 6) is 2.73. The SMILES string of the molecule is CN=C(NCC1(O)CCSC1)N1CCN(C(=O)C2CCCO2)CC1.I. The van der Waals surface area contributed by atoms with Crippen LogP contribution in [0.3, 0.4) is 0 Å². The number of nitrogens with zero attached hydrogens (tertiary/aromatic N) is 3. The van der Waals surface area contributed by atoms with E-state index in [9.17, 15) is 9.90 Å². The number of hydrogen-bond acceptors (Lipinski definition) is 5. The number of piperazine rings is 1. The van der Waals surface area contributed by atoms with Gasteiger partial charge in [-0.1, -0.05) is 0 Å². The summed E-state index contributed by atoms with van der Waals surface area (Å²) in [4.78, 5) is 20.8. The maximum atomic E-state index is 12.4. The van der Waals surface area contributed by atoms with Gasteiger partial charge in [-0.2, -0.15) is 11.8 Å². The molecular weight excluding hydrogens is 455 g/mol.